The van der Waals surface area contributed by atoms with E-state index in [1.165, 1.54) is 0 Å². The van der Waals surface area contributed by atoms with Gasteiger partial charge in [-0.25, -0.2) is 0 Å². The van der Waals surface area contributed by atoms with Gasteiger partial charge in [0.1, 0.15) is 0 Å². The van der Waals surface area contributed by atoms with Gasteiger partial charge in [-0.3, -0.25) is 4.79 Å². The van der Waals surface area contributed by atoms with Gasteiger partial charge in [0, 0.05) is 37.1 Å². The summed E-state index contributed by atoms with van der Waals surface area (Å²) < 4.78 is 0. The molecule has 0 aliphatic rings. The van der Waals surface area contributed by atoms with Crippen molar-refractivity contribution in [3.63, 3.8) is 0 Å². The molecule has 0 spiro atoms. The summed E-state index contributed by atoms with van der Waals surface area (Å²) in [6, 6.07) is 15.5. The number of carbonyl (C=O) groups is 1. The standard InChI is InChI=1S/C17H21N3O/c1-13-12-14(18)8-9-16(13)19-17(21)10-11-20(2)15-6-4-3-5-7-15/h3-9,12H,10-11,18H2,1-2H3,(H,19,21). The van der Waals surface area contributed by atoms with Crippen LogP contribution in [0.4, 0.5) is 17.1 Å². The average molecular weight is 283 g/mol. The summed E-state index contributed by atoms with van der Waals surface area (Å²) >= 11 is 0. The summed E-state index contributed by atoms with van der Waals surface area (Å²) in [5.74, 6) is 0.00523. The van der Waals surface area contributed by atoms with Gasteiger partial charge < -0.3 is 16.0 Å². The molecule has 2 aromatic rings. The molecule has 0 aliphatic carbocycles. The second kappa shape index (κ2) is 6.79. The molecule has 0 aliphatic heterocycles. The summed E-state index contributed by atoms with van der Waals surface area (Å²) in [5.41, 5.74) is 9.30. The highest BCUT2D eigenvalue weighted by Gasteiger charge is 2.07. The van der Waals surface area contributed by atoms with E-state index < -0.39 is 0 Å². The van der Waals surface area contributed by atoms with E-state index in [1.807, 2.05) is 56.4 Å². The lowest BCUT2D eigenvalue weighted by Gasteiger charge is -2.19. The number of aryl methyl sites for hydroxylation is 1. The van der Waals surface area contributed by atoms with Crippen molar-refractivity contribution in [3.8, 4) is 0 Å². The number of para-hydroxylation sites is 1. The molecular weight excluding hydrogens is 262 g/mol. The Hall–Kier alpha value is -2.49. The first-order valence-electron chi connectivity index (χ1n) is 6.98. The zero-order valence-electron chi connectivity index (χ0n) is 12.5. The molecule has 0 unspecified atom stereocenters. The van der Waals surface area contributed by atoms with Crippen LogP contribution in [0.25, 0.3) is 0 Å². The molecule has 0 radical (unpaired) electrons. The van der Waals surface area contributed by atoms with E-state index in [2.05, 4.69) is 10.2 Å². The Balaban J connectivity index is 1.87. The first kappa shape index (κ1) is 14.9. The summed E-state index contributed by atoms with van der Waals surface area (Å²) in [6.45, 7) is 2.60. The van der Waals surface area contributed by atoms with Crippen LogP contribution in [-0.4, -0.2) is 19.5 Å². The van der Waals surface area contributed by atoms with Gasteiger partial charge >= 0.3 is 0 Å². The SMILES string of the molecule is Cc1cc(N)ccc1NC(=O)CCN(C)c1ccccc1. The van der Waals surface area contributed by atoms with Crippen molar-refractivity contribution < 1.29 is 4.79 Å². The molecule has 0 bridgehead atoms. The maximum Gasteiger partial charge on any atom is 0.226 e. The Bertz CT molecular complexity index is 611. The Morgan fingerprint density at radius 2 is 1.90 bits per heavy atom. The molecule has 0 atom stereocenters. The molecule has 0 saturated carbocycles. The van der Waals surface area contributed by atoms with E-state index >= 15 is 0 Å². The maximum absolute atomic E-state index is 12.0. The summed E-state index contributed by atoms with van der Waals surface area (Å²) in [6.07, 6.45) is 0.440. The van der Waals surface area contributed by atoms with E-state index in [0.29, 0.717) is 18.7 Å². The molecule has 2 rings (SSSR count). The molecule has 4 heteroatoms. The van der Waals surface area contributed by atoms with Crippen LogP contribution in [0.1, 0.15) is 12.0 Å². The minimum Gasteiger partial charge on any atom is -0.399 e. The predicted octanol–water partition coefficient (Wildman–Crippen LogP) is 3.04. The second-order valence-corrected chi connectivity index (χ2v) is 5.13. The fraction of sp³-hybridized carbons (Fsp3) is 0.235. The first-order valence-corrected chi connectivity index (χ1v) is 6.98. The number of nitrogens with one attached hydrogen (secondary N) is 1. The molecule has 0 saturated heterocycles. The van der Waals surface area contributed by atoms with E-state index in [4.69, 9.17) is 5.73 Å². The molecule has 4 nitrogen and oxygen atoms in total. The number of rotatable bonds is 5. The number of nitrogens with zero attached hydrogens (tertiary/aromatic N) is 1. The number of hydrogen-bond donors (Lipinski definition) is 2. The number of amides is 1. The highest BCUT2D eigenvalue weighted by atomic mass is 16.1. The van der Waals surface area contributed by atoms with Gasteiger partial charge in [0.15, 0.2) is 0 Å². The zero-order valence-corrected chi connectivity index (χ0v) is 12.5. The molecule has 0 fully saturated rings. The van der Waals surface area contributed by atoms with Gasteiger partial charge in [0.2, 0.25) is 5.91 Å². The minimum absolute atomic E-state index is 0.00523. The maximum atomic E-state index is 12.0. The van der Waals surface area contributed by atoms with Crippen molar-refractivity contribution in [1.82, 2.24) is 0 Å². The fourth-order valence-electron chi connectivity index (χ4n) is 2.12. The number of benzene rings is 2. The molecule has 3 N–H and O–H groups in total. The van der Waals surface area contributed by atoms with Gasteiger partial charge in [-0.2, -0.15) is 0 Å². The van der Waals surface area contributed by atoms with Crippen LogP contribution in [0, 0.1) is 6.92 Å². The third kappa shape index (κ3) is 4.24. The Morgan fingerprint density at radius 1 is 1.19 bits per heavy atom. The Kier molecular flexibility index (Phi) is 4.82. The molecule has 0 aromatic heterocycles. The van der Waals surface area contributed by atoms with Crippen molar-refractivity contribution in [1.29, 1.82) is 0 Å². The highest BCUT2D eigenvalue weighted by molar-refractivity contribution is 5.92. The van der Waals surface area contributed by atoms with Gasteiger partial charge in [-0.05, 0) is 42.8 Å². The van der Waals surface area contributed by atoms with Crippen molar-refractivity contribution >= 4 is 23.0 Å². The Labute approximate surface area is 125 Å². The number of anilines is 3. The lowest BCUT2D eigenvalue weighted by atomic mass is 10.1. The smallest absolute Gasteiger partial charge is 0.226 e. The van der Waals surface area contributed by atoms with E-state index in [9.17, 15) is 4.79 Å². The number of nitrogens with two attached hydrogens (primary N) is 1. The van der Waals surface area contributed by atoms with Crippen LogP contribution in [0.2, 0.25) is 0 Å². The summed E-state index contributed by atoms with van der Waals surface area (Å²) in [4.78, 5) is 14.1. The third-order valence-corrected chi connectivity index (χ3v) is 3.40. The van der Waals surface area contributed by atoms with Crippen molar-refractivity contribution in [3.05, 3.63) is 54.1 Å². The van der Waals surface area contributed by atoms with Gasteiger partial charge in [-0.15, -0.1) is 0 Å². The second-order valence-electron chi connectivity index (χ2n) is 5.13. The van der Waals surface area contributed by atoms with Crippen molar-refractivity contribution in [2.75, 3.05) is 29.5 Å². The van der Waals surface area contributed by atoms with Crippen LogP contribution < -0.4 is 16.0 Å². The topological polar surface area (TPSA) is 58.4 Å². The lowest BCUT2D eigenvalue weighted by Crippen LogP contribution is -2.24. The first-order chi connectivity index (χ1) is 10.1. The number of hydrogen-bond acceptors (Lipinski definition) is 3. The molecule has 2 aromatic carbocycles. The van der Waals surface area contributed by atoms with E-state index in [-0.39, 0.29) is 5.91 Å². The van der Waals surface area contributed by atoms with Gasteiger partial charge in [0.05, 0.1) is 0 Å². The fourth-order valence-corrected chi connectivity index (χ4v) is 2.12. The molecule has 0 heterocycles. The highest BCUT2D eigenvalue weighted by Crippen LogP contribution is 2.18. The monoisotopic (exact) mass is 283 g/mol. The van der Waals surface area contributed by atoms with Crippen LogP contribution in [0.15, 0.2) is 48.5 Å². The number of carbonyl (C=O) groups excluding carboxylic acids is 1. The minimum atomic E-state index is 0.00523. The third-order valence-electron chi connectivity index (χ3n) is 3.40. The van der Waals surface area contributed by atoms with E-state index in [1.54, 1.807) is 6.07 Å². The quantitative estimate of drug-likeness (QED) is 0.829. The van der Waals surface area contributed by atoms with Crippen molar-refractivity contribution in [2.45, 2.75) is 13.3 Å². The van der Waals surface area contributed by atoms with Crippen LogP contribution in [0.3, 0.4) is 0 Å². The van der Waals surface area contributed by atoms with Crippen LogP contribution in [0.5, 0.6) is 0 Å². The van der Waals surface area contributed by atoms with Gasteiger partial charge in [-0.1, -0.05) is 18.2 Å². The predicted molar refractivity (Wildman–Crippen MR) is 88.6 cm³/mol. The summed E-state index contributed by atoms with van der Waals surface area (Å²) in [5, 5.41) is 2.92. The largest absolute Gasteiger partial charge is 0.399 e. The van der Waals surface area contributed by atoms with Crippen LogP contribution in [-0.2, 0) is 4.79 Å². The molecule has 1 amide bonds. The van der Waals surface area contributed by atoms with Crippen LogP contribution >= 0.6 is 0 Å². The lowest BCUT2D eigenvalue weighted by molar-refractivity contribution is -0.116. The normalized spacial score (nSPS) is 10.2. The van der Waals surface area contributed by atoms with Gasteiger partial charge in [0.25, 0.3) is 0 Å². The zero-order chi connectivity index (χ0) is 15.2. The molecule has 21 heavy (non-hydrogen) atoms. The average Bonchev–Trinajstić information content (AvgIpc) is 2.48. The summed E-state index contributed by atoms with van der Waals surface area (Å²) in [7, 11) is 1.98. The Morgan fingerprint density at radius 3 is 2.57 bits per heavy atom. The number of nitrogen functional groups attached to an aromatic ring is 1. The molecular formula is C17H21N3O. The van der Waals surface area contributed by atoms with E-state index in [0.717, 1.165) is 16.9 Å². The molecule has 110 valence electrons. The van der Waals surface area contributed by atoms with Crippen molar-refractivity contribution in [2.24, 2.45) is 0 Å².